The molecule has 20 heavy (non-hydrogen) atoms. The molecule has 0 saturated heterocycles. The molecule has 2 N–H and O–H groups in total. The average Bonchev–Trinajstić information content (AvgIpc) is 2.25. The van der Waals surface area contributed by atoms with Crippen molar-refractivity contribution in [2.45, 2.75) is 0 Å². The van der Waals surface area contributed by atoms with Gasteiger partial charge in [-0.1, -0.05) is 12.1 Å². The van der Waals surface area contributed by atoms with E-state index in [4.69, 9.17) is 9.11 Å². The van der Waals surface area contributed by atoms with Gasteiger partial charge in [-0.05, 0) is 35.0 Å². The molecule has 0 aliphatic rings. The molecule has 0 aliphatic carbocycles. The van der Waals surface area contributed by atoms with Gasteiger partial charge in [-0.3, -0.25) is 9.11 Å². The fourth-order valence-corrected chi connectivity index (χ4v) is 2.24. The molecule has 0 atom stereocenters. The molecule has 0 saturated carbocycles. The lowest BCUT2D eigenvalue weighted by molar-refractivity contribution is 0.384. The van der Waals surface area contributed by atoms with Gasteiger partial charge in [0, 0.05) is 0 Å². The molecule has 0 heterocycles. The van der Waals surface area contributed by atoms with Gasteiger partial charge < -0.3 is 8.37 Å². The van der Waals surface area contributed by atoms with E-state index < -0.39 is 20.8 Å². The Kier molecular flexibility index (Phi) is 3.56. The predicted molar refractivity (Wildman–Crippen MR) is 68.3 cm³/mol. The summed E-state index contributed by atoms with van der Waals surface area (Å²) in [7, 11) is -9.23. The van der Waals surface area contributed by atoms with Gasteiger partial charge in [-0.15, -0.1) is 0 Å². The van der Waals surface area contributed by atoms with E-state index in [0.717, 1.165) is 0 Å². The first-order valence-electron chi connectivity index (χ1n) is 5.00. The van der Waals surface area contributed by atoms with Crippen LogP contribution in [-0.4, -0.2) is 25.9 Å². The zero-order valence-electron chi connectivity index (χ0n) is 9.62. The van der Waals surface area contributed by atoms with Crippen LogP contribution in [0, 0.1) is 0 Å². The standard InChI is InChI=1S/C10H8O8S2/c11-19(12,13)17-9-3-1-7-5-10(18-20(14,15)16)4-2-8(7)6-9/h1-6H,(H,11,12,13)(H,14,15,16). The van der Waals surface area contributed by atoms with E-state index in [1.54, 1.807) is 0 Å². The van der Waals surface area contributed by atoms with E-state index in [0.29, 0.717) is 10.8 Å². The van der Waals surface area contributed by atoms with Crippen LogP contribution < -0.4 is 8.37 Å². The van der Waals surface area contributed by atoms with E-state index in [-0.39, 0.29) is 11.5 Å². The van der Waals surface area contributed by atoms with Gasteiger partial charge in [0.2, 0.25) is 0 Å². The summed E-state index contributed by atoms with van der Waals surface area (Å²) < 4.78 is 67.9. The van der Waals surface area contributed by atoms with Crippen LogP contribution in [0.15, 0.2) is 36.4 Å². The van der Waals surface area contributed by atoms with E-state index in [2.05, 4.69) is 8.37 Å². The second kappa shape index (κ2) is 4.90. The van der Waals surface area contributed by atoms with Crippen LogP contribution in [0.25, 0.3) is 10.8 Å². The second-order valence-electron chi connectivity index (χ2n) is 3.69. The molecule has 0 radical (unpaired) electrons. The molecular formula is C10H8O8S2. The third-order valence-electron chi connectivity index (χ3n) is 2.19. The normalized spacial score (nSPS) is 12.3. The van der Waals surface area contributed by atoms with Gasteiger partial charge in [-0.2, -0.15) is 16.8 Å². The van der Waals surface area contributed by atoms with Crippen LogP contribution in [0.1, 0.15) is 0 Å². The molecule has 0 fully saturated rings. The Labute approximate surface area is 114 Å². The van der Waals surface area contributed by atoms with Crippen LogP contribution in [0.2, 0.25) is 0 Å². The molecule has 0 bridgehead atoms. The highest BCUT2D eigenvalue weighted by Crippen LogP contribution is 2.26. The van der Waals surface area contributed by atoms with Crippen LogP contribution in [0.3, 0.4) is 0 Å². The van der Waals surface area contributed by atoms with Crippen molar-refractivity contribution in [3.63, 3.8) is 0 Å². The van der Waals surface area contributed by atoms with Gasteiger partial charge in [0.1, 0.15) is 11.5 Å². The number of fused-ring (bicyclic) bond motifs is 1. The summed E-state index contributed by atoms with van der Waals surface area (Å²) in [5.74, 6) is -0.216. The summed E-state index contributed by atoms with van der Waals surface area (Å²) in [5.41, 5.74) is 0. The fraction of sp³-hybridized carbons (Fsp3) is 0. The molecule has 10 heteroatoms. The van der Waals surface area contributed by atoms with Crippen molar-refractivity contribution >= 4 is 31.6 Å². The highest BCUT2D eigenvalue weighted by molar-refractivity contribution is 7.81. The second-order valence-corrected chi connectivity index (χ2v) is 5.74. The first kappa shape index (κ1) is 14.5. The van der Waals surface area contributed by atoms with Crippen molar-refractivity contribution in [2.24, 2.45) is 0 Å². The third kappa shape index (κ3) is 4.06. The first-order valence-corrected chi connectivity index (χ1v) is 7.73. The minimum Gasteiger partial charge on any atom is -0.362 e. The molecule has 0 spiro atoms. The lowest BCUT2D eigenvalue weighted by Gasteiger charge is -2.05. The molecule has 8 nitrogen and oxygen atoms in total. The summed E-state index contributed by atoms with van der Waals surface area (Å²) in [6.07, 6.45) is 0. The Morgan fingerprint density at radius 1 is 0.700 bits per heavy atom. The summed E-state index contributed by atoms with van der Waals surface area (Å²) >= 11 is 0. The fourth-order valence-electron chi connectivity index (χ4n) is 1.55. The monoisotopic (exact) mass is 320 g/mol. The average molecular weight is 320 g/mol. The summed E-state index contributed by atoms with van der Waals surface area (Å²) in [6, 6.07) is 8.00. The maximum absolute atomic E-state index is 10.6. The number of benzene rings is 2. The van der Waals surface area contributed by atoms with Crippen molar-refractivity contribution < 1.29 is 34.3 Å². The van der Waals surface area contributed by atoms with Crippen molar-refractivity contribution in [2.75, 3.05) is 0 Å². The van der Waals surface area contributed by atoms with E-state index in [9.17, 15) is 16.8 Å². The molecule has 0 aromatic heterocycles. The predicted octanol–water partition coefficient (Wildman–Crippen LogP) is 1.20. The largest absolute Gasteiger partial charge is 0.446 e. The smallest absolute Gasteiger partial charge is 0.362 e. The highest BCUT2D eigenvalue weighted by Gasteiger charge is 2.10. The van der Waals surface area contributed by atoms with Crippen molar-refractivity contribution in [3.8, 4) is 11.5 Å². The molecule has 2 aromatic rings. The quantitative estimate of drug-likeness (QED) is 0.804. The molecule has 0 aliphatic heterocycles. The first-order chi connectivity index (χ1) is 9.12. The zero-order chi connectivity index (χ0) is 15.0. The molecule has 108 valence electrons. The van der Waals surface area contributed by atoms with E-state index in [1.807, 2.05) is 0 Å². The van der Waals surface area contributed by atoms with Crippen LogP contribution in [0.5, 0.6) is 11.5 Å². The number of hydrogen-bond acceptors (Lipinski definition) is 6. The Morgan fingerprint density at radius 3 is 1.35 bits per heavy atom. The highest BCUT2D eigenvalue weighted by atomic mass is 32.3. The van der Waals surface area contributed by atoms with Gasteiger partial charge >= 0.3 is 20.8 Å². The lowest BCUT2D eigenvalue weighted by atomic mass is 10.1. The Bertz CT molecular complexity index is 781. The van der Waals surface area contributed by atoms with Gasteiger partial charge in [-0.25, -0.2) is 0 Å². The van der Waals surface area contributed by atoms with Crippen LogP contribution >= 0.6 is 0 Å². The maximum atomic E-state index is 10.6. The van der Waals surface area contributed by atoms with Crippen molar-refractivity contribution in [3.05, 3.63) is 36.4 Å². The summed E-state index contributed by atoms with van der Waals surface area (Å²) in [6.45, 7) is 0. The van der Waals surface area contributed by atoms with Gasteiger partial charge in [0.25, 0.3) is 0 Å². The van der Waals surface area contributed by atoms with Crippen molar-refractivity contribution in [1.82, 2.24) is 0 Å². The minimum atomic E-state index is -4.62. The molecule has 0 unspecified atom stereocenters. The van der Waals surface area contributed by atoms with Crippen LogP contribution in [-0.2, 0) is 20.8 Å². The lowest BCUT2D eigenvalue weighted by Crippen LogP contribution is -2.07. The number of rotatable bonds is 4. The number of hydrogen-bond donors (Lipinski definition) is 2. The van der Waals surface area contributed by atoms with Crippen LogP contribution in [0.4, 0.5) is 0 Å². The van der Waals surface area contributed by atoms with Gasteiger partial charge in [0.15, 0.2) is 0 Å². The van der Waals surface area contributed by atoms with E-state index in [1.165, 1.54) is 36.4 Å². The van der Waals surface area contributed by atoms with E-state index >= 15 is 0 Å². The SMILES string of the molecule is O=S(=O)(O)Oc1ccc2cc(OS(=O)(=O)O)ccc2c1. The zero-order valence-corrected chi connectivity index (χ0v) is 11.3. The Hall–Kier alpha value is -1.88. The Morgan fingerprint density at radius 2 is 1.05 bits per heavy atom. The summed E-state index contributed by atoms with van der Waals surface area (Å²) in [5, 5.41) is 1.02. The van der Waals surface area contributed by atoms with Gasteiger partial charge in [0.05, 0.1) is 0 Å². The Balaban J connectivity index is 2.39. The molecule has 0 amide bonds. The third-order valence-corrected chi connectivity index (χ3v) is 2.99. The molecule has 2 rings (SSSR count). The van der Waals surface area contributed by atoms with Crippen molar-refractivity contribution in [1.29, 1.82) is 0 Å². The minimum absolute atomic E-state index is 0.108. The molecule has 2 aromatic carbocycles. The summed E-state index contributed by atoms with van der Waals surface area (Å²) in [4.78, 5) is 0. The topological polar surface area (TPSA) is 127 Å². The molecular weight excluding hydrogens is 312 g/mol. The maximum Gasteiger partial charge on any atom is 0.446 e.